The van der Waals surface area contributed by atoms with Crippen LogP contribution in [0.4, 0.5) is 5.95 Å². The summed E-state index contributed by atoms with van der Waals surface area (Å²) < 4.78 is 1.70. The Morgan fingerprint density at radius 2 is 1.93 bits per heavy atom. The van der Waals surface area contributed by atoms with Gasteiger partial charge in [-0.05, 0) is 44.0 Å². The number of benzene rings is 1. The van der Waals surface area contributed by atoms with E-state index >= 15 is 0 Å². The topological polar surface area (TPSA) is 78.8 Å². The zero-order chi connectivity index (χ0) is 18.8. The SMILES string of the molecule is CC(C)C(CNc1nc2c(cnn2-c2ccccc2)c(=O)[nH]1)N1CCCC1. The molecular weight excluding hydrogens is 340 g/mol. The van der Waals surface area contributed by atoms with Crippen LogP contribution in [0, 0.1) is 5.92 Å². The third-order valence-corrected chi connectivity index (χ3v) is 5.30. The summed E-state index contributed by atoms with van der Waals surface area (Å²) in [4.78, 5) is 22.5. The van der Waals surface area contributed by atoms with Gasteiger partial charge in [0.2, 0.25) is 5.95 Å². The molecule has 1 aromatic carbocycles. The number of nitrogens with zero attached hydrogens (tertiary/aromatic N) is 4. The lowest BCUT2D eigenvalue weighted by Crippen LogP contribution is -2.42. The fourth-order valence-electron chi connectivity index (χ4n) is 3.82. The average Bonchev–Trinajstić information content (AvgIpc) is 3.32. The Balaban J connectivity index is 1.61. The number of para-hydroxylation sites is 1. The molecule has 2 aromatic heterocycles. The summed E-state index contributed by atoms with van der Waals surface area (Å²) in [5.41, 5.74) is 1.27. The minimum Gasteiger partial charge on any atom is -0.354 e. The molecule has 0 saturated carbocycles. The molecule has 0 radical (unpaired) electrons. The lowest BCUT2D eigenvalue weighted by Gasteiger charge is -2.31. The van der Waals surface area contributed by atoms with E-state index in [9.17, 15) is 4.79 Å². The predicted molar refractivity (Wildman–Crippen MR) is 107 cm³/mol. The van der Waals surface area contributed by atoms with E-state index in [0.717, 1.165) is 25.3 Å². The molecule has 3 heterocycles. The van der Waals surface area contributed by atoms with Crippen LogP contribution in [0.25, 0.3) is 16.7 Å². The number of nitrogens with one attached hydrogen (secondary N) is 2. The highest BCUT2D eigenvalue weighted by Crippen LogP contribution is 2.19. The van der Waals surface area contributed by atoms with Gasteiger partial charge in [-0.3, -0.25) is 14.7 Å². The van der Waals surface area contributed by atoms with Gasteiger partial charge < -0.3 is 5.32 Å². The summed E-state index contributed by atoms with van der Waals surface area (Å²) in [6.07, 6.45) is 4.10. The van der Waals surface area contributed by atoms with Gasteiger partial charge in [-0.1, -0.05) is 32.0 Å². The Kier molecular flexibility index (Phi) is 4.94. The molecule has 0 amide bonds. The van der Waals surface area contributed by atoms with Crippen LogP contribution in [-0.2, 0) is 0 Å². The van der Waals surface area contributed by atoms with Gasteiger partial charge in [-0.15, -0.1) is 0 Å². The van der Waals surface area contributed by atoms with Crippen molar-refractivity contribution in [2.24, 2.45) is 5.92 Å². The minimum absolute atomic E-state index is 0.174. The molecule has 1 fully saturated rings. The highest BCUT2D eigenvalue weighted by atomic mass is 16.1. The summed E-state index contributed by atoms with van der Waals surface area (Å²) in [7, 11) is 0. The van der Waals surface area contributed by atoms with Crippen LogP contribution >= 0.6 is 0 Å². The number of hydrogen-bond acceptors (Lipinski definition) is 5. The van der Waals surface area contributed by atoms with E-state index in [0.29, 0.717) is 28.9 Å². The molecule has 1 aliphatic heterocycles. The normalized spacial score (nSPS) is 16.3. The molecule has 2 N–H and O–H groups in total. The first-order valence-corrected chi connectivity index (χ1v) is 9.65. The molecule has 0 aliphatic carbocycles. The van der Waals surface area contributed by atoms with Crippen molar-refractivity contribution in [3.8, 4) is 5.69 Å². The van der Waals surface area contributed by atoms with Gasteiger partial charge in [0.25, 0.3) is 5.56 Å². The van der Waals surface area contributed by atoms with E-state index in [2.05, 4.69) is 39.1 Å². The Bertz CT molecular complexity index is 956. The van der Waals surface area contributed by atoms with Crippen molar-refractivity contribution in [1.82, 2.24) is 24.6 Å². The Morgan fingerprint density at radius 1 is 1.19 bits per heavy atom. The number of rotatable bonds is 6. The van der Waals surface area contributed by atoms with E-state index in [1.165, 1.54) is 12.8 Å². The monoisotopic (exact) mass is 366 g/mol. The van der Waals surface area contributed by atoms with Crippen LogP contribution in [0.2, 0.25) is 0 Å². The van der Waals surface area contributed by atoms with Crippen molar-refractivity contribution >= 4 is 17.0 Å². The van der Waals surface area contributed by atoms with Crippen LogP contribution in [0.5, 0.6) is 0 Å². The number of H-pyrrole nitrogens is 1. The summed E-state index contributed by atoms with van der Waals surface area (Å²) >= 11 is 0. The van der Waals surface area contributed by atoms with Gasteiger partial charge >= 0.3 is 0 Å². The molecule has 142 valence electrons. The highest BCUT2D eigenvalue weighted by molar-refractivity contribution is 5.76. The number of fused-ring (bicyclic) bond motifs is 1. The van der Waals surface area contributed by atoms with Gasteiger partial charge in [0.15, 0.2) is 5.65 Å². The van der Waals surface area contributed by atoms with Gasteiger partial charge in [0, 0.05) is 12.6 Å². The molecule has 1 saturated heterocycles. The van der Waals surface area contributed by atoms with E-state index in [-0.39, 0.29) is 5.56 Å². The number of aromatic amines is 1. The molecule has 7 nitrogen and oxygen atoms in total. The minimum atomic E-state index is -0.174. The Morgan fingerprint density at radius 3 is 2.63 bits per heavy atom. The molecule has 1 unspecified atom stereocenters. The van der Waals surface area contributed by atoms with Crippen molar-refractivity contribution < 1.29 is 0 Å². The van der Waals surface area contributed by atoms with Gasteiger partial charge in [-0.25, -0.2) is 4.68 Å². The molecule has 1 atom stereocenters. The van der Waals surface area contributed by atoms with Crippen molar-refractivity contribution in [2.75, 3.05) is 25.0 Å². The number of aromatic nitrogens is 4. The standard InChI is InChI=1S/C20H26N6O/c1-14(2)17(25-10-6-7-11-25)13-21-20-23-18-16(19(27)24-20)12-22-26(18)15-8-4-3-5-9-15/h3-5,8-9,12,14,17H,6-7,10-11,13H2,1-2H3,(H2,21,23,24,27). The molecule has 1 aliphatic rings. The summed E-state index contributed by atoms with van der Waals surface area (Å²) in [6, 6.07) is 10.2. The predicted octanol–water partition coefficient (Wildman–Crippen LogP) is 2.64. The van der Waals surface area contributed by atoms with Crippen LogP contribution in [0.3, 0.4) is 0 Å². The molecule has 27 heavy (non-hydrogen) atoms. The number of hydrogen-bond donors (Lipinski definition) is 2. The third-order valence-electron chi connectivity index (χ3n) is 5.30. The molecule has 0 spiro atoms. The largest absolute Gasteiger partial charge is 0.354 e. The maximum Gasteiger partial charge on any atom is 0.263 e. The van der Waals surface area contributed by atoms with Gasteiger partial charge in [0.05, 0.1) is 11.9 Å². The van der Waals surface area contributed by atoms with Gasteiger partial charge in [-0.2, -0.15) is 10.1 Å². The van der Waals surface area contributed by atoms with E-state index in [1.54, 1.807) is 10.9 Å². The smallest absolute Gasteiger partial charge is 0.263 e. The van der Waals surface area contributed by atoms with Crippen LogP contribution in [0.1, 0.15) is 26.7 Å². The number of anilines is 1. The second-order valence-electron chi connectivity index (χ2n) is 7.48. The Labute approximate surface area is 158 Å². The molecule has 7 heteroatoms. The first kappa shape index (κ1) is 17.7. The van der Waals surface area contributed by atoms with Gasteiger partial charge in [0.1, 0.15) is 5.39 Å². The first-order chi connectivity index (χ1) is 13.1. The summed E-state index contributed by atoms with van der Waals surface area (Å²) in [5.74, 6) is 1.02. The summed E-state index contributed by atoms with van der Waals surface area (Å²) in [6.45, 7) is 7.54. The maximum absolute atomic E-state index is 12.5. The maximum atomic E-state index is 12.5. The highest BCUT2D eigenvalue weighted by Gasteiger charge is 2.24. The zero-order valence-electron chi connectivity index (χ0n) is 15.9. The third kappa shape index (κ3) is 3.60. The van der Waals surface area contributed by atoms with Crippen LogP contribution in [-0.4, -0.2) is 50.3 Å². The van der Waals surface area contributed by atoms with Crippen molar-refractivity contribution in [3.63, 3.8) is 0 Å². The molecule has 4 rings (SSSR count). The second-order valence-corrected chi connectivity index (χ2v) is 7.48. The lowest BCUT2D eigenvalue weighted by molar-refractivity contribution is 0.201. The van der Waals surface area contributed by atoms with Crippen LogP contribution < -0.4 is 10.9 Å². The van der Waals surface area contributed by atoms with Crippen molar-refractivity contribution in [3.05, 3.63) is 46.9 Å². The Hall–Kier alpha value is -2.67. The van der Waals surface area contributed by atoms with Crippen molar-refractivity contribution in [1.29, 1.82) is 0 Å². The fourth-order valence-corrected chi connectivity index (χ4v) is 3.82. The lowest BCUT2D eigenvalue weighted by atomic mass is 10.0. The molecule has 0 bridgehead atoms. The van der Waals surface area contributed by atoms with E-state index in [1.807, 2.05) is 30.3 Å². The second kappa shape index (κ2) is 7.52. The summed E-state index contributed by atoms with van der Waals surface area (Å²) in [5, 5.41) is 8.20. The molecule has 3 aromatic rings. The average molecular weight is 366 g/mol. The fraction of sp³-hybridized carbons (Fsp3) is 0.450. The van der Waals surface area contributed by atoms with E-state index in [4.69, 9.17) is 0 Å². The van der Waals surface area contributed by atoms with Crippen LogP contribution in [0.15, 0.2) is 41.3 Å². The van der Waals surface area contributed by atoms with E-state index < -0.39 is 0 Å². The zero-order valence-corrected chi connectivity index (χ0v) is 15.9. The quantitative estimate of drug-likeness (QED) is 0.701. The first-order valence-electron chi connectivity index (χ1n) is 9.65. The molecular formula is C20H26N6O. The van der Waals surface area contributed by atoms with Crippen molar-refractivity contribution in [2.45, 2.75) is 32.7 Å². The number of likely N-dealkylation sites (tertiary alicyclic amines) is 1.